The Morgan fingerprint density at radius 1 is 0.938 bits per heavy atom. The summed E-state index contributed by atoms with van der Waals surface area (Å²) in [5.74, 6) is 0. The van der Waals surface area contributed by atoms with Crippen molar-refractivity contribution in [3.63, 3.8) is 0 Å². The van der Waals surface area contributed by atoms with E-state index in [2.05, 4.69) is 9.97 Å². The van der Waals surface area contributed by atoms with E-state index in [1.54, 1.807) is 24.5 Å². The number of rotatable bonds is 2. The van der Waals surface area contributed by atoms with Crippen LogP contribution in [0, 0.1) is 0 Å². The van der Waals surface area contributed by atoms with Crippen LogP contribution in [0.15, 0.2) is 40.5 Å². The molecule has 0 atom stereocenters. The molecule has 0 saturated heterocycles. The van der Waals surface area contributed by atoms with Gasteiger partial charge in [-0.15, -0.1) is 0 Å². The van der Waals surface area contributed by atoms with Crippen molar-refractivity contribution in [3.05, 3.63) is 45.8 Å². The molecule has 1 aromatic heterocycles. The highest BCUT2D eigenvalue weighted by Gasteiger charge is 2.06. The lowest BCUT2D eigenvalue weighted by atomic mass is 10.4. The van der Waals surface area contributed by atoms with Gasteiger partial charge in [-0.2, -0.15) is 0 Å². The first-order valence-corrected chi connectivity index (χ1v) is 6.21. The number of benzene rings is 1. The van der Waals surface area contributed by atoms with Gasteiger partial charge >= 0.3 is 0 Å². The Bertz CT molecular complexity index is 519. The molecule has 0 amide bonds. The quantitative estimate of drug-likeness (QED) is 0.809. The highest BCUT2D eigenvalue weighted by molar-refractivity contribution is 7.99. The van der Waals surface area contributed by atoms with Crippen molar-refractivity contribution in [1.29, 1.82) is 0 Å². The largest absolute Gasteiger partial charge is 0.245 e. The van der Waals surface area contributed by atoms with Crippen molar-refractivity contribution < 1.29 is 0 Å². The Labute approximate surface area is 112 Å². The number of nitrogens with zero attached hydrogens (tertiary/aromatic N) is 2. The predicted molar refractivity (Wildman–Crippen MR) is 67.6 cm³/mol. The van der Waals surface area contributed by atoms with Crippen LogP contribution in [0.25, 0.3) is 0 Å². The Morgan fingerprint density at radius 3 is 2.38 bits per heavy atom. The van der Waals surface area contributed by atoms with Crippen LogP contribution in [0.3, 0.4) is 0 Å². The summed E-state index contributed by atoms with van der Waals surface area (Å²) in [5.41, 5.74) is 0. The first-order chi connectivity index (χ1) is 7.66. The Balaban J connectivity index is 2.28. The van der Waals surface area contributed by atoms with E-state index in [1.165, 1.54) is 11.8 Å². The number of halogens is 3. The highest BCUT2D eigenvalue weighted by Crippen LogP contribution is 2.33. The van der Waals surface area contributed by atoms with Crippen LogP contribution in [-0.4, -0.2) is 9.97 Å². The summed E-state index contributed by atoms with van der Waals surface area (Å²) >= 11 is 19.0. The van der Waals surface area contributed by atoms with E-state index in [-0.39, 0.29) is 0 Å². The lowest BCUT2D eigenvalue weighted by Gasteiger charge is -2.03. The molecule has 1 heterocycles. The molecule has 0 aliphatic rings. The zero-order chi connectivity index (χ0) is 11.5. The van der Waals surface area contributed by atoms with Crippen molar-refractivity contribution in [2.24, 2.45) is 0 Å². The van der Waals surface area contributed by atoms with Gasteiger partial charge in [-0.3, -0.25) is 0 Å². The van der Waals surface area contributed by atoms with Crippen LogP contribution in [0.2, 0.25) is 15.2 Å². The second-order valence-electron chi connectivity index (χ2n) is 2.83. The van der Waals surface area contributed by atoms with Crippen molar-refractivity contribution in [3.8, 4) is 0 Å². The molecule has 16 heavy (non-hydrogen) atoms. The summed E-state index contributed by atoms with van der Waals surface area (Å²) in [5, 5.41) is 2.05. The molecule has 0 unspecified atom stereocenters. The molecule has 0 bridgehead atoms. The predicted octanol–water partition coefficient (Wildman–Crippen LogP) is 4.59. The van der Waals surface area contributed by atoms with E-state index < -0.39 is 0 Å². The maximum absolute atomic E-state index is 5.91. The Hall–Kier alpha value is -0.480. The molecule has 0 spiro atoms. The fourth-order valence-corrected chi connectivity index (χ4v) is 2.40. The lowest BCUT2D eigenvalue weighted by molar-refractivity contribution is 1.06. The van der Waals surface area contributed by atoms with E-state index in [1.807, 2.05) is 6.07 Å². The van der Waals surface area contributed by atoms with Gasteiger partial charge in [0.15, 0.2) is 5.15 Å². The zero-order valence-electron chi connectivity index (χ0n) is 7.82. The molecular formula is C10H5Cl3N2S. The van der Waals surface area contributed by atoms with Gasteiger partial charge in [-0.25, -0.2) is 9.97 Å². The van der Waals surface area contributed by atoms with E-state index in [9.17, 15) is 0 Å². The molecular weight excluding hydrogens is 287 g/mol. The molecule has 2 aromatic rings. The van der Waals surface area contributed by atoms with Crippen LogP contribution >= 0.6 is 46.6 Å². The normalized spacial score (nSPS) is 10.4. The smallest absolute Gasteiger partial charge is 0.161 e. The third-order valence-corrected chi connectivity index (χ3v) is 3.84. The van der Waals surface area contributed by atoms with Gasteiger partial charge in [0.25, 0.3) is 0 Å². The molecule has 2 rings (SSSR count). The average Bonchev–Trinajstić information content (AvgIpc) is 2.27. The summed E-state index contributed by atoms with van der Waals surface area (Å²) in [6, 6.07) is 5.35. The minimum atomic E-state index is 0.374. The van der Waals surface area contributed by atoms with Crippen LogP contribution in [0.5, 0.6) is 0 Å². The van der Waals surface area contributed by atoms with Gasteiger partial charge in [0.2, 0.25) is 0 Å². The number of aromatic nitrogens is 2. The zero-order valence-corrected chi connectivity index (χ0v) is 10.9. The third-order valence-electron chi connectivity index (χ3n) is 1.73. The summed E-state index contributed by atoms with van der Waals surface area (Å²) in [7, 11) is 0. The molecule has 0 saturated carbocycles. The fraction of sp³-hybridized carbons (Fsp3) is 0. The second kappa shape index (κ2) is 5.23. The SMILES string of the molecule is Clc1ccc(Sc2nccnc2Cl)cc1Cl. The molecule has 0 aliphatic heterocycles. The minimum absolute atomic E-state index is 0.374. The molecule has 2 nitrogen and oxygen atoms in total. The molecule has 82 valence electrons. The summed E-state index contributed by atoms with van der Waals surface area (Å²) in [6.07, 6.45) is 3.13. The highest BCUT2D eigenvalue weighted by atomic mass is 35.5. The maximum Gasteiger partial charge on any atom is 0.161 e. The van der Waals surface area contributed by atoms with Gasteiger partial charge in [-0.1, -0.05) is 46.6 Å². The minimum Gasteiger partial charge on any atom is -0.245 e. The van der Waals surface area contributed by atoms with E-state index in [4.69, 9.17) is 34.8 Å². The monoisotopic (exact) mass is 290 g/mol. The van der Waals surface area contributed by atoms with Gasteiger partial charge in [0, 0.05) is 17.3 Å². The van der Waals surface area contributed by atoms with Crippen LogP contribution < -0.4 is 0 Å². The molecule has 0 N–H and O–H groups in total. The van der Waals surface area contributed by atoms with Crippen molar-refractivity contribution in [2.45, 2.75) is 9.92 Å². The Kier molecular flexibility index (Phi) is 3.92. The van der Waals surface area contributed by atoms with Gasteiger partial charge in [0.1, 0.15) is 5.03 Å². The van der Waals surface area contributed by atoms with Gasteiger partial charge in [-0.05, 0) is 18.2 Å². The summed E-state index contributed by atoms with van der Waals surface area (Å²) in [4.78, 5) is 8.97. The molecule has 0 aliphatic carbocycles. The molecule has 6 heteroatoms. The van der Waals surface area contributed by atoms with Gasteiger partial charge in [0.05, 0.1) is 10.0 Å². The lowest BCUT2D eigenvalue weighted by Crippen LogP contribution is -1.84. The molecule has 1 aromatic carbocycles. The van der Waals surface area contributed by atoms with Crippen LogP contribution in [0.4, 0.5) is 0 Å². The van der Waals surface area contributed by atoms with Gasteiger partial charge < -0.3 is 0 Å². The summed E-state index contributed by atoms with van der Waals surface area (Å²) < 4.78 is 0. The topological polar surface area (TPSA) is 25.8 Å². The average molecular weight is 292 g/mol. The van der Waals surface area contributed by atoms with Crippen molar-refractivity contribution in [2.75, 3.05) is 0 Å². The first-order valence-electron chi connectivity index (χ1n) is 4.26. The molecule has 0 radical (unpaired) electrons. The van der Waals surface area contributed by atoms with Crippen molar-refractivity contribution >= 4 is 46.6 Å². The van der Waals surface area contributed by atoms with Crippen molar-refractivity contribution in [1.82, 2.24) is 9.97 Å². The fourth-order valence-electron chi connectivity index (χ4n) is 1.03. The standard InChI is InChI=1S/C10H5Cl3N2S/c11-7-2-1-6(5-8(7)12)16-10-9(13)14-3-4-15-10/h1-5H. The number of hydrogen-bond donors (Lipinski definition) is 0. The third kappa shape index (κ3) is 2.80. The van der Waals surface area contributed by atoms with Crippen LogP contribution in [-0.2, 0) is 0 Å². The maximum atomic E-state index is 5.91. The van der Waals surface area contributed by atoms with E-state index in [0.29, 0.717) is 20.2 Å². The summed E-state index contributed by atoms with van der Waals surface area (Å²) in [6.45, 7) is 0. The van der Waals surface area contributed by atoms with Crippen LogP contribution in [0.1, 0.15) is 0 Å². The Morgan fingerprint density at radius 2 is 1.69 bits per heavy atom. The number of hydrogen-bond acceptors (Lipinski definition) is 3. The van der Waals surface area contributed by atoms with E-state index >= 15 is 0 Å². The second-order valence-corrected chi connectivity index (χ2v) is 5.06. The first kappa shape index (κ1) is 12.0. The van der Waals surface area contributed by atoms with E-state index in [0.717, 1.165) is 4.90 Å². The molecule has 0 fully saturated rings.